The average molecular weight is 1660 g/mol. The van der Waals surface area contributed by atoms with E-state index in [9.17, 15) is 34.8 Å². The molecule has 558 valence electrons. The maximum absolute atomic E-state index is 16.0. The number of nitrogen functional groups attached to an aromatic ring is 2. The highest BCUT2D eigenvalue weighted by Crippen LogP contribution is 2.43. The van der Waals surface area contributed by atoms with Crippen LogP contribution in [-0.2, 0) is 57.8 Å². The zero-order valence-corrected chi connectivity index (χ0v) is 66.5. The van der Waals surface area contributed by atoms with Gasteiger partial charge in [0, 0.05) is 78.8 Å². The number of halogens is 8. The molecule has 19 nitrogen and oxygen atoms in total. The van der Waals surface area contributed by atoms with Crippen LogP contribution in [0.3, 0.4) is 0 Å². The first-order valence-electron chi connectivity index (χ1n) is 31.3. The van der Waals surface area contributed by atoms with Crippen LogP contribution in [0, 0.1) is 17.5 Å². The molecule has 0 aliphatic rings. The third kappa shape index (κ3) is 24.2. The molecule has 0 unspecified atom stereocenters. The third-order valence-corrected chi connectivity index (χ3v) is 18.9. The number of thiazole rings is 3. The Morgan fingerprint density at radius 1 is 0.462 bits per heavy atom. The number of sulfonamides is 2. The van der Waals surface area contributed by atoms with Crippen LogP contribution in [-0.4, -0.2) is 82.4 Å². The summed E-state index contributed by atoms with van der Waals surface area (Å²) >= 11 is 22.3. The van der Waals surface area contributed by atoms with E-state index in [0.717, 1.165) is 44.9 Å². The predicted molar refractivity (Wildman–Crippen MR) is 431 cm³/mol. The fraction of sp³-hybridized carbons (Fsp3) is 0.192. The number of nitrogens with one attached hydrogen (secondary N) is 4. The number of nitrogens with zero attached hydrogens (tertiary/aromatic N) is 3. The minimum atomic E-state index is -3.40. The summed E-state index contributed by atoms with van der Waals surface area (Å²) in [6.07, 6.45) is 2.77. The lowest BCUT2D eigenvalue weighted by atomic mass is 9.97. The van der Waals surface area contributed by atoms with Gasteiger partial charge in [0.1, 0.15) is 28.7 Å². The quantitative estimate of drug-likeness (QED) is 0.0411. The van der Waals surface area contributed by atoms with Crippen LogP contribution in [0.1, 0.15) is 74.9 Å². The van der Waals surface area contributed by atoms with Crippen LogP contribution in [0.5, 0.6) is 0 Å². The standard InChI is InChI=1S/C26H25ClFN3O4S2.C25H23ClFN3O2S.C21H17ClFN3O2S2.CH3ClO2S.ClH/c1-26(2,3)35-25(32)30-24-29-23-20(36-24)14-17(22(28)21(23)16-6-5-7-18(27)13-16)12-15-8-10-19(11-9-15)31-37(4,33)34;1-25(2,3)32-24(31)30-23-29-22-19(33-23)13-16(11-14-7-9-18(28)10-8-14)21(27)20(22)15-5-4-6-17(26)12-15;1-30(27,28)26-16-7-5-12(6-8-16)9-14-11-17-20(25-21(24)29-17)18(19(14)23)13-3-2-4-15(22)10-13;1-5(2,3)4;/h5-11,13-14,31H,12H2,1-4H3,(H,29,30,32);4-10,12-13H,11,28H2,1-3H3,(H,29,30,31);2-8,10-11,26H,9H2,1H3,(H2,24,25);1H3;1H. The normalized spacial score (nSPS) is 11.6. The molecule has 0 spiro atoms. The van der Waals surface area contributed by atoms with Crippen LogP contribution in [0.2, 0.25) is 15.1 Å². The Hall–Kier alpha value is -8.52. The molecular formula is C73H69Cl5F3N9O10S6. The first kappa shape index (κ1) is 83.1. The molecule has 0 fully saturated rings. The summed E-state index contributed by atoms with van der Waals surface area (Å²) in [5.41, 5.74) is 20.0. The Balaban J connectivity index is 0.000000194. The zero-order valence-electron chi connectivity index (χ0n) is 57.8. The lowest BCUT2D eigenvalue weighted by Gasteiger charge is -2.18. The zero-order chi connectivity index (χ0) is 76.7. The van der Waals surface area contributed by atoms with E-state index in [-0.39, 0.29) is 41.2 Å². The Bertz CT molecular complexity index is 5590. The number of ether oxygens (including phenoxy) is 2. The van der Waals surface area contributed by atoms with E-state index in [1.54, 1.807) is 193 Å². The Morgan fingerprint density at radius 2 is 0.755 bits per heavy atom. The summed E-state index contributed by atoms with van der Waals surface area (Å²) in [4.78, 5) is 37.9. The molecule has 12 aromatic rings. The molecule has 33 heteroatoms. The Labute approximate surface area is 648 Å². The van der Waals surface area contributed by atoms with Gasteiger partial charge in [-0.05, 0) is 183 Å². The molecule has 2 amide bonds. The Morgan fingerprint density at radius 3 is 1.05 bits per heavy atom. The highest BCUT2D eigenvalue weighted by atomic mass is 35.7. The molecular weight excluding hydrogens is 1590 g/mol. The molecule has 3 heterocycles. The number of hydrogen-bond acceptors (Lipinski definition) is 18. The summed E-state index contributed by atoms with van der Waals surface area (Å²) < 4.78 is 130. The van der Waals surface area contributed by atoms with Gasteiger partial charge in [0.2, 0.25) is 29.1 Å². The van der Waals surface area contributed by atoms with E-state index in [4.69, 9.17) is 55.7 Å². The van der Waals surface area contributed by atoms with E-state index in [1.165, 1.54) is 34.0 Å². The van der Waals surface area contributed by atoms with Gasteiger partial charge < -0.3 is 20.9 Å². The number of aromatic nitrogens is 3. The van der Waals surface area contributed by atoms with Crippen molar-refractivity contribution in [2.24, 2.45) is 0 Å². The van der Waals surface area contributed by atoms with Gasteiger partial charge >= 0.3 is 12.2 Å². The van der Waals surface area contributed by atoms with E-state index in [2.05, 4.69) is 45.7 Å². The van der Waals surface area contributed by atoms with Crippen molar-refractivity contribution in [3.05, 3.63) is 230 Å². The summed E-state index contributed by atoms with van der Waals surface area (Å²) in [5, 5.41) is 7.70. The van der Waals surface area contributed by atoms with Crippen LogP contribution in [0.15, 0.2) is 164 Å². The number of carbonyl (C=O) groups is 2. The molecule has 0 saturated heterocycles. The minimum Gasteiger partial charge on any atom is -0.444 e. The van der Waals surface area contributed by atoms with Crippen molar-refractivity contribution < 1.29 is 57.5 Å². The van der Waals surface area contributed by atoms with Gasteiger partial charge in [-0.25, -0.2) is 63.0 Å². The predicted octanol–water partition coefficient (Wildman–Crippen LogP) is 20.2. The second kappa shape index (κ2) is 34.6. The first-order valence-corrected chi connectivity index (χ1v) is 41.4. The summed E-state index contributed by atoms with van der Waals surface area (Å²) in [6.45, 7) is 10.6. The highest BCUT2D eigenvalue weighted by molar-refractivity contribution is 8.13. The van der Waals surface area contributed by atoms with Crippen LogP contribution in [0.25, 0.3) is 64.0 Å². The Kier molecular flexibility index (Phi) is 27.1. The summed E-state index contributed by atoms with van der Waals surface area (Å²) in [7, 11) is -5.45. The smallest absolute Gasteiger partial charge is 0.413 e. The summed E-state index contributed by atoms with van der Waals surface area (Å²) in [6, 6.07) is 46.9. The van der Waals surface area contributed by atoms with Gasteiger partial charge in [-0.3, -0.25) is 20.1 Å². The number of fused-ring (bicyclic) bond motifs is 3. The number of amides is 2. The van der Waals surface area contributed by atoms with Crippen molar-refractivity contribution >= 4 is 196 Å². The van der Waals surface area contributed by atoms with Crippen molar-refractivity contribution in [3.8, 4) is 33.4 Å². The molecule has 9 aromatic carbocycles. The van der Waals surface area contributed by atoms with E-state index in [1.807, 2.05) is 12.1 Å². The second-order valence-corrected chi connectivity index (χ2v) is 36.7. The number of nitrogens with two attached hydrogens (primary N) is 2. The van der Waals surface area contributed by atoms with Crippen molar-refractivity contribution in [1.82, 2.24) is 15.0 Å². The van der Waals surface area contributed by atoms with Crippen LogP contribution < -0.4 is 31.5 Å². The largest absolute Gasteiger partial charge is 0.444 e. The number of anilines is 6. The lowest BCUT2D eigenvalue weighted by Crippen LogP contribution is -2.27. The van der Waals surface area contributed by atoms with Crippen LogP contribution >= 0.6 is 91.9 Å². The highest BCUT2D eigenvalue weighted by Gasteiger charge is 2.26. The number of hydrogen-bond donors (Lipinski definition) is 6. The first-order chi connectivity index (χ1) is 49.0. The van der Waals surface area contributed by atoms with E-state index >= 15 is 13.2 Å². The monoisotopic (exact) mass is 1660 g/mol. The topological polar surface area (TPSA) is 294 Å². The van der Waals surface area contributed by atoms with Crippen molar-refractivity contribution in [2.45, 2.75) is 72.0 Å². The molecule has 0 radical (unpaired) electrons. The number of benzene rings is 9. The lowest BCUT2D eigenvalue weighted by molar-refractivity contribution is 0.0624. The number of rotatable bonds is 15. The van der Waals surface area contributed by atoms with Gasteiger partial charge in [0.25, 0.3) is 0 Å². The van der Waals surface area contributed by atoms with Crippen LogP contribution in [0.4, 0.5) is 55.2 Å². The number of carbonyl (C=O) groups excluding carboxylic acids is 2. The molecule has 0 saturated carbocycles. The fourth-order valence-corrected chi connectivity index (χ4v) is 14.8. The molecule has 106 heavy (non-hydrogen) atoms. The molecule has 0 aliphatic heterocycles. The van der Waals surface area contributed by atoms with Gasteiger partial charge in [-0.2, -0.15) is 0 Å². The minimum absolute atomic E-state index is 0. The van der Waals surface area contributed by atoms with Gasteiger partial charge in [-0.1, -0.05) is 142 Å². The van der Waals surface area contributed by atoms with Crippen molar-refractivity contribution in [1.29, 1.82) is 0 Å². The average Bonchev–Trinajstić information content (AvgIpc) is 1.64. The fourth-order valence-electron chi connectivity index (χ4n) is 10.4. The molecule has 12 rings (SSSR count). The van der Waals surface area contributed by atoms with Gasteiger partial charge in [0.15, 0.2) is 15.4 Å². The molecule has 0 atom stereocenters. The van der Waals surface area contributed by atoms with Crippen molar-refractivity contribution in [2.75, 3.05) is 50.3 Å². The summed E-state index contributed by atoms with van der Waals surface area (Å²) in [5.74, 6) is -1.22. The third-order valence-electron chi connectivity index (χ3n) is 14.3. The SMILES string of the molecule is CC(C)(C)OC(=O)Nc1nc2c(-c3cccc(Cl)c3)c(F)c(Cc3ccc(N)cc3)cc2s1.CC(C)(C)OC(=O)Nc1nc2c(-c3cccc(Cl)c3)c(F)c(Cc3ccc(NS(C)(=O)=O)cc3)cc2s1.CS(=O)(=O)Cl.CS(=O)(=O)Nc1ccc(Cc2cc3sc(N)nc3c(-c3cccc(Cl)c3)c2F)cc1.Cl. The van der Waals surface area contributed by atoms with Crippen molar-refractivity contribution in [3.63, 3.8) is 0 Å². The second-order valence-electron chi connectivity index (χ2n) is 25.7. The van der Waals surface area contributed by atoms with Gasteiger partial charge in [0.05, 0.1) is 49.4 Å². The molecule has 3 aromatic heterocycles. The van der Waals surface area contributed by atoms with Gasteiger partial charge in [-0.15, -0.1) is 12.4 Å². The molecule has 0 bridgehead atoms. The molecule has 8 N–H and O–H groups in total. The van der Waals surface area contributed by atoms with E-state index < -0.39 is 58.3 Å². The van der Waals surface area contributed by atoms with E-state index in [0.29, 0.717) is 121 Å². The maximum atomic E-state index is 16.0. The molecule has 0 aliphatic carbocycles. The maximum Gasteiger partial charge on any atom is 0.413 e.